The van der Waals surface area contributed by atoms with Gasteiger partial charge in [0, 0.05) is 0 Å². The fourth-order valence-corrected chi connectivity index (χ4v) is 4.83. The van der Waals surface area contributed by atoms with Crippen LogP contribution in [0.5, 0.6) is 0 Å². The molecule has 0 bridgehead atoms. The molecule has 1 aliphatic heterocycles. The number of hydrogen-bond donors (Lipinski definition) is 4. The van der Waals surface area contributed by atoms with E-state index in [1.165, 1.54) is 6.33 Å². The van der Waals surface area contributed by atoms with Gasteiger partial charge in [0.25, 0.3) is 0 Å². The summed E-state index contributed by atoms with van der Waals surface area (Å²) in [6.45, 7) is 0.239. The fourth-order valence-electron chi connectivity index (χ4n) is 2.99. The van der Waals surface area contributed by atoms with E-state index in [-0.39, 0.29) is 17.2 Å². The van der Waals surface area contributed by atoms with Gasteiger partial charge < -0.3 is 0 Å². The molecule has 0 aromatic carbocycles. The van der Waals surface area contributed by atoms with Crippen molar-refractivity contribution in [3.63, 3.8) is 0 Å². The Balaban J connectivity index is 1.71. The summed E-state index contributed by atoms with van der Waals surface area (Å²) >= 11 is 2.83. The topological polar surface area (TPSA) is 148 Å². The zero-order valence-corrected chi connectivity index (χ0v) is 18.2. The van der Waals surface area contributed by atoms with Crippen LogP contribution < -0.4 is 11.1 Å². The van der Waals surface area contributed by atoms with Crippen LogP contribution in [0.4, 0.5) is 5.82 Å². The van der Waals surface area contributed by atoms with Gasteiger partial charge in [0.1, 0.15) is 0 Å². The fraction of sp³-hybridized carbons (Fsp3) is 0.600. The van der Waals surface area contributed by atoms with Crippen molar-refractivity contribution >= 4 is 53.9 Å². The van der Waals surface area contributed by atoms with Crippen LogP contribution in [0.15, 0.2) is 12.7 Å². The van der Waals surface area contributed by atoms with E-state index >= 15 is 0 Å². The first-order valence-electron chi connectivity index (χ1n) is 8.33. The summed E-state index contributed by atoms with van der Waals surface area (Å²) in [4.78, 5) is 23.5. The van der Waals surface area contributed by atoms with E-state index in [4.69, 9.17) is 10.5 Å². The number of carbonyl (C=O) groups is 1. The zero-order chi connectivity index (χ0) is 19.6. The molecule has 5 atom stereocenters. The van der Waals surface area contributed by atoms with Crippen LogP contribution in [-0.4, -0.2) is 91.5 Å². The summed E-state index contributed by atoms with van der Waals surface area (Å²) < 4.78 is 7.73. The Bertz CT molecular complexity index is 806. The normalized spacial score (nSPS) is 26.5. The van der Waals surface area contributed by atoms with Gasteiger partial charge in [-0.2, -0.15) is 0 Å². The van der Waals surface area contributed by atoms with E-state index in [1.807, 2.05) is 0 Å². The SMILES string of the molecule is C[Se]CCC(NC[C@H]1O[C@@H](n2cnc3c(N)ncnc32)[C@H]([SeH])[C@@H]1O)C(=O)O. The first-order chi connectivity index (χ1) is 12.9. The molecule has 1 saturated heterocycles. The van der Waals surface area contributed by atoms with Gasteiger partial charge in [-0.05, 0) is 0 Å². The number of fused-ring (bicyclic) bond motifs is 1. The number of anilines is 1. The predicted molar refractivity (Wildman–Crippen MR) is 101 cm³/mol. The molecule has 5 N–H and O–H groups in total. The maximum atomic E-state index is 11.4. The van der Waals surface area contributed by atoms with Gasteiger partial charge in [0.15, 0.2) is 0 Å². The molecular formula is C15H22N6O4Se2. The molecule has 1 fully saturated rings. The molecule has 12 heteroatoms. The molecule has 3 heterocycles. The van der Waals surface area contributed by atoms with E-state index in [2.05, 4.69) is 42.1 Å². The second kappa shape index (κ2) is 8.83. The van der Waals surface area contributed by atoms with E-state index in [9.17, 15) is 15.0 Å². The number of nitrogens with one attached hydrogen (secondary N) is 1. The van der Waals surface area contributed by atoms with Crippen LogP contribution in [0, 0.1) is 0 Å². The summed E-state index contributed by atoms with van der Waals surface area (Å²) in [5.74, 6) is 1.46. The van der Waals surface area contributed by atoms with E-state index in [0.717, 1.165) is 5.32 Å². The Labute approximate surface area is 170 Å². The molecule has 148 valence electrons. The molecule has 0 spiro atoms. The number of imidazole rings is 1. The van der Waals surface area contributed by atoms with Gasteiger partial charge in [-0.25, -0.2) is 0 Å². The van der Waals surface area contributed by atoms with Gasteiger partial charge in [0.05, 0.1) is 0 Å². The predicted octanol–water partition coefficient (Wildman–Crippen LogP) is -1.04. The molecule has 2 aromatic heterocycles. The monoisotopic (exact) mass is 510 g/mol. The number of aromatic nitrogens is 4. The average Bonchev–Trinajstić information content (AvgIpc) is 3.18. The number of carboxylic acid groups (broad SMARTS) is 1. The number of aliphatic carboxylic acids is 1. The number of aliphatic hydroxyl groups excluding tert-OH is 1. The first kappa shape index (κ1) is 20.5. The van der Waals surface area contributed by atoms with Crippen molar-refractivity contribution in [2.45, 2.75) is 46.9 Å². The molecule has 1 aliphatic rings. The van der Waals surface area contributed by atoms with Crippen LogP contribution in [0.2, 0.25) is 16.0 Å². The number of ether oxygens (including phenoxy) is 1. The number of nitrogen functional groups attached to an aromatic ring is 1. The van der Waals surface area contributed by atoms with Crippen molar-refractivity contribution in [1.82, 2.24) is 24.8 Å². The zero-order valence-electron chi connectivity index (χ0n) is 14.6. The Morgan fingerprint density at radius 1 is 1.52 bits per heavy atom. The number of carboxylic acids is 1. The summed E-state index contributed by atoms with van der Waals surface area (Å²) in [6.07, 6.45) is 1.65. The van der Waals surface area contributed by atoms with Crippen LogP contribution in [0.3, 0.4) is 0 Å². The molecule has 0 amide bonds. The van der Waals surface area contributed by atoms with Gasteiger partial charge in [-0.15, -0.1) is 0 Å². The van der Waals surface area contributed by atoms with E-state index in [0.29, 0.717) is 32.5 Å². The minimum absolute atomic E-state index is 0.239. The number of aliphatic hydroxyl groups is 1. The summed E-state index contributed by atoms with van der Waals surface area (Å²) in [7, 11) is 0. The van der Waals surface area contributed by atoms with Gasteiger partial charge in [-0.1, -0.05) is 0 Å². The molecule has 2 aromatic rings. The van der Waals surface area contributed by atoms with Crippen molar-refractivity contribution in [2.24, 2.45) is 0 Å². The van der Waals surface area contributed by atoms with E-state index in [1.54, 1.807) is 10.9 Å². The molecule has 10 nitrogen and oxygen atoms in total. The Morgan fingerprint density at radius 3 is 3.00 bits per heavy atom. The maximum absolute atomic E-state index is 11.4. The third-order valence-corrected chi connectivity index (χ3v) is 7.00. The quantitative estimate of drug-likeness (QED) is 0.328. The molecule has 0 aliphatic carbocycles. The average molecular weight is 508 g/mol. The third kappa shape index (κ3) is 4.27. The molecule has 0 radical (unpaired) electrons. The van der Waals surface area contributed by atoms with Crippen LogP contribution in [-0.2, 0) is 9.53 Å². The number of rotatable bonds is 8. The number of nitrogens with two attached hydrogens (primary N) is 1. The molecule has 3 rings (SSSR count). The molecular weight excluding hydrogens is 486 g/mol. The third-order valence-electron chi connectivity index (χ3n) is 4.47. The molecule has 1 unspecified atom stereocenters. The van der Waals surface area contributed by atoms with Crippen molar-refractivity contribution in [1.29, 1.82) is 0 Å². The summed E-state index contributed by atoms with van der Waals surface area (Å²) in [5, 5.41) is 23.8. The second-order valence-electron chi connectivity index (χ2n) is 6.21. The van der Waals surface area contributed by atoms with Crippen molar-refractivity contribution in [2.75, 3.05) is 12.3 Å². The number of nitrogens with zero attached hydrogens (tertiary/aromatic N) is 4. The Hall–Kier alpha value is -1.26. The van der Waals surface area contributed by atoms with Crippen molar-refractivity contribution in [3.8, 4) is 0 Å². The van der Waals surface area contributed by atoms with Gasteiger partial charge in [0.2, 0.25) is 0 Å². The Kier molecular flexibility index (Phi) is 6.69. The summed E-state index contributed by atoms with van der Waals surface area (Å²) in [6, 6.07) is -0.645. The van der Waals surface area contributed by atoms with Crippen LogP contribution in [0.25, 0.3) is 11.2 Å². The van der Waals surface area contributed by atoms with Crippen molar-refractivity contribution in [3.05, 3.63) is 12.7 Å². The second-order valence-corrected chi connectivity index (χ2v) is 9.53. The van der Waals surface area contributed by atoms with E-state index < -0.39 is 30.4 Å². The standard InChI is InChI=1S/C15H22N6O4Se2/c1-27-3-2-7(15(23)24)17-4-8-10(22)11(26)14(25-8)21-6-20-9-12(16)18-5-19-13(9)21/h5-8,10-11,14,17,22,26H,2-4H2,1H3,(H,23,24)(H2,16,18,19)/t7?,8-,10-,11-,14-/m1/s1. The van der Waals surface area contributed by atoms with Gasteiger partial charge in [-0.3, -0.25) is 0 Å². The van der Waals surface area contributed by atoms with Crippen LogP contribution in [0.1, 0.15) is 12.6 Å². The molecule has 27 heavy (non-hydrogen) atoms. The van der Waals surface area contributed by atoms with Crippen LogP contribution >= 0.6 is 0 Å². The van der Waals surface area contributed by atoms with Crippen molar-refractivity contribution < 1.29 is 19.7 Å². The van der Waals surface area contributed by atoms with Gasteiger partial charge >= 0.3 is 170 Å². The minimum atomic E-state index is -0.889. The molecule has 0 saturated carbocycles. The summed E-state index contributed by atoms with van der Waals surface area (Å²) in [5.41, 5.74) is 6.82. The first-order valence-corrected chi connectivity index (χ1v) is 12.3. The number of hydrogen-bond acceptors (Lipinski definition) is 8. The Morgan fingerprint density at radius 2 is 2.30 bits per heavy atom.